The van der Waals surface area contributed by atoms with Gasteiger partial charge in [0.15, 0.2) is 0 Å². The minimum Gasteiger partial charge on any atom is -0.480 e. The normalized spacial score (nSPS) is 12.2. The lowest BCUT2D eigenvalue weighted by molar-refractivity contribution is -0.384. The minimum atomic E-state index is -0.963. The van der Waals surface area contributed by atoms with Gasteiger partial charge in [0.05, 0.1) is 4.92 Å². The van der Waals surface area contributed by atoms with Crippen molar-refractivity contribution < 1.29 is 14.8 Å². The lowest BCUT2D eigenvalue weighted by Crippen LogP contribution is -2.30. The maximum absolute atomic E-state index is 11.1. The zero-order valence-corrected chi connectivity index (χ0v) is 10.3. The summed E-state index contributed by atoms with van der Waals surface area (Å²) in [7, 11) is 0. The molecule has 0 aliphatic rings. The molecule has 0 fully saturated rings. The van der Waals surface area contributed by atoms with Gasteiger partial charge in [-0.2, -0.15) is 0 Å². The molecule has 1 aromatic rings. The summed E-state index contributed by atoms with van der Waals surface area (Å²) in [5.41, 5.74) is 0.380. The van der Waals surface area contributed by atoms with Crippen LogP contribution in [-0.4, -0.2) is 22.0 Å². The van der Waals surface area contributed by atoms with Crippen LogP contribution in [0.15, 0.2) is 24.3 Å². The fourth-order valence-corrected chi connectivity index (χ4v) is 1.60. The predicted octanol–water partition coefficient (Wildman–Crippen LogP) is 2.51. The first kappa shape index (κ1) is 14.0. The lowest BCUT2D eigenvalue weighted by atomic mass is 10.0. The molecule has 0 aliphatic carbocycles. The van der Waals surface area contributed by atoms with Crippen molar-refractivity contribution in [2.24, 2.45) is 5.92 Å². The Kier molecular flexibility index (Phi) is 4.65. The highest BCUT2D eigenvalue weighted by Crippen LogP contribution is 2.19. The number of carboxylic acids is 1. The largest absolute Gasteiger partial charge is 0.480 e. The summed E-state index contributed by atoms with van der Waals surface area (Å²) < 4.78 is 0. The molecule has 0 aliphatic heterocycles. The lowest BCUT2D eigenvalue weighted by Gasteiger charge is -2.17. The van der Waals surface area contributed by atoms with Crippen molar-refractivity contribution in [2.75, 3.05) is 5.32 Å². The highest BCUT2D eigenvalue weighted by molar-refractivity contribution is 5.77. The third-order valence-corrected chi connectivity index (χ3v) is 2.40. The summed E-state index contributed by atoms with van der Waals surface area (Å²) in [6.07, 6.45) is 0.456. The van der Waals surface area contributed by atoms with Crippen LogP contribution in [0.5, 0.6) is 0 Å². The van der Waals surface area contributed by atoms with E-state index in [-0.39, 0.29) is 11.6 Å². The van der Waals surface area contributed by atoms with Crippen molar-refractivity contribution in [1.82, 2.24) is 0 Å². The van der Waals surface area contributed by atoms with E-state index < -0.39 is 16.9 Å². The van der Waals surface area contributed by atoms with Gasteiger partial charge in [-0.1, -0.05) is 19.9 Å². The molecule has 18 heavy (non-hydrogen) atoms. The summed E-state index contributed by atoms with van der Waals surface area (Å²) in [5.74, 6) is -0.743. The first-order valence-corrected chi connectivity index (χ1v) is 5.64. The molecule has 0 aromatic heterocycles. The van der Waals surface area contributed by atoms with Crippen LogP contribution < -0.4 is 5.32 Å². The van der Waals surface area contributed by atoms with Crippen molar-refractivity contribution in [1.29, 1.82) is 0 Å². The first-order chi connectivity index (χ1) is 8.40. The topological polar surface area (TPSA) is 92.5 Å². The van der Waals surface area contributed by atoms with Gasteiger partial charge in [-0.25, -0.2) is 4.79 Å². The molecule has 0 saturated heterocycles. The van der Waals surface area contributed by atoms with Crippen molar-refractivity contribution in [3.05, 3.63) is 34.4 Å². The van der Waals surface area contributed by atoms with Gasteiger partial charge in [-0.3, -0.25) is 10.1 Å². The van der Waals surface area contributed by atoms with Crippen LogP contribution in [0, 0.1) is 16.0 Å². The van der Waals surface area contributed by atoms with Crippen LogP contribution in [-0.2, 0) is 4.79 Å². The van der Waals surface area contributed by atoms with Crippen LogP contribution in [0.1, 0.15) is 20.3 Å². The number of hydrogen-bond donors (Lipinski definition) is 2. The highest BCUT2D eigenvalue weighted by Gasteiger charge is 2.19. The van der Waals surface area contributed by atoms with Crippen molar-refractivity contribution in [2.45, 2.75) is 26.3 Å². The van der Waals surface area contributed by atoms with Gasteiger partial charge in [0.25, 0.3) is 5.69 Å². The van der Waals surface area contributed by atoms with E-state index in [1.54, 1.807) is 6.07 Å². The number of nitrogens with one attached hydrogen (secondary N) is 1. The standard InChI is InChI=1S/C12H16N2O4/c1-8(2)6-11(12(15)16)13-9-4-3-5-10(7-9)14(17)18/h3-5,7-8,11,13H,6H2,1-2H3,(H,15,16). The number of benzene rings is 1. The van der Waals surface area contributed by atoms with Gasteiger partial charge in [0.2, 0.25) is 0 Å². The maximum atomic E-state index is 11.1. The number of rotatable bonds is 6. The van der Waals surface area contributed by atoms with Gasteiger partial charge >= 0.3 is 5.97 Å². The zero-order valence-electron chi connectivity index (χ0n) is 10.3. The van der Waals surface area contributed by atoms with E-state index in [9.17, 15) is 14.9 Å². The molecule has 1 unspecified atom stereocenters. The number of anilines is 1. The number of carboxylic acid groups (broad SMARTS) is 1. The smallest absolute Gasteiger partial charge is 0.326 e. The molecule has 6 nitrogen and oxygen atoms in total. The monoisotopic (exact) mass is 252 g/mol. The molecular weight excluding hydrogens is 236 g/mol. The van der Waals surface area contributed by atoms with Gasteiger partial charge in [-0.05, 0) is 18.4 Å². The van der Waals surface area contributed by atoms with Crippen LogP contribution in [0.2, 0.25) is 0 Å². The molecule has 1 aromatic carbocycles. The Labute approximate surface area is 105 Å². The molecule has 0 bridgehead atoms. The Balaban J connectivity index is 2.83. The molecule has 1 atom stereocenters. The number of hydrogen-bond acceptors (Lipinski definition) is 4. The second kappa shape index (κ2) is 6.00. The van der Waals surface area contributed by atoms with Crippen molar-refractivity contribution in [3.8, 4) is 0 Å². The fraction of sp³-hybridized carbons (Fsp3) is 0.417. The average molecular weight is 252 g/mol. The van der Waals surface area contributed by atoms with E-state index >= 15 is 0 Å². The molecule has 0 spiro atoms. The van der Waals surface area contributed by atoms with Crippen molar-refractivity contribution in [3.63, 3.8) is 0 Å². The quantitative estimate of drug-likeness (QED) is 0.599. The second-order valence-electron chi connectivity index (χ2n) is 4.47. The van der Waals surface area contributed by atoms with Crippen LogP contribution in [0.3, 0.4) is 0 Å². The van der Waals surface area contributed by atoms with Crippen LogP contribution >= 0.6 is 0 Å². The van der Waals surface area contributed by atoms with Gasteiger partial charge in [-0.15, -0.1) is 0 Å². The van der Waals surface area contributed by atoms with E-state index in [2.05, 4.69) is 5.32 Å². The molecule has 98 valence electrons. The third kappa shape index (κ3) is 4.04. The van der Waals surface area contributed by atoms with E-state index in [1.165, 1.54) is 18.2 Å². The third-order valence-electron chi connectivity index (χ3n) is 2.40. The Bertz CT molecular complexity index is 445. The molecule has 0 radical (unpaired) electrons. The molecule has 0 amide bonds. The molecule has 0 heterocycles. The first-order valence-electron chi connectivity index (χ1n) is 5.64. The summed E-state index contributed by atoms with van der Waals surface area (Å²) in [5, 5.41) is 22.5. The van der Waals surface area contributed by atoms with Crippen molar-refractivity contribution >= 4 is 17.3 Å². The van der Waals surface area contributed by atoms with Gasteiger partial charge in [0.1, 0.15) is 6.04 Å². The Morgan fingerprint density at radius 3 is 2.67 bits per heavy atom. The maximum Gasteiger partial charge on any atom is 0.326 e. The van der Waals surface area contributed by atoms with E-state index in [0.717, 1.165) is 0 Å². The van der Waals surface area contributed by atoms with E-state index in [0.29, 0.717) is 12.1 Å². The summed E-state index contributed by atoms with van der Waals surface area (Å²) in [6, 6.07) is 5.09. The summed E-state index contributed by atoms with van der Waals surface area (Å²) in [6.45, 7) is 3.84. The van der Waals surface area contributed by atoms with E-state index in [4.69, 9.17) is 5.11 Å². The number of carbonyl (C=O) groups is 1. The van der Waals surface area contributed by atoms with Gasteiger partial charge < -0.3 is 10.4 Å². The minimum absolute atomic E-state index is 0.0614. The molecule has 0 saturated carbocycles. The fourth-order valence-electron chi connectivity index (χ4n) is 1.60. The number of nitrogens with zero attached hydrogens (tertiary/aromatic N) is 1. The molecule has 6 heteroatoms. The Hall–Kier alpha value is -2.11. The zero-order chi connectivity index (χ0) is 13.7. The SMILES string of the molecule is CC(C)CC(Nc1cccc([N+](=O)[O-])c1)C(=O)O. The molecule has 2 N–H and O–H groups in total. The number of aliphatic carboxylic acids is 1. The average Bonchev–Trinajstić information content (AvgIpc) is 2.27. The number of non-ortho nitro benzene ring substituents is 1. The van der Waals surface area contributed by atoms with Gasteiger partial charge in [0, 0.05) is 17.8 Å². The Morgan fingerprint density at radius 2 is 2.17 bits per heavy atom. The predicted molar refractivity (Wildman–Crippen MR) is 67.6 cm³/mol. The summed E-state index contributed by atoms with van der Waals surface area (Å²) >= 11 is 0. The van der Waals surface area contributed by atoms with Crippen LogP contribution in [0.4, 0.5) is 11.4 Å². The number of nitro groups is 1. The molecular formula is C12H16N2O4. The Morgan fingerprint density at radius 1 is 1.50 bits per heavy atom. The summed E-state index contributed by atoms with van der Waals surface area (Å²) in [4.78, 5) is 21.2. The van der Waals surface area contributed by atoms with E-state index in [1.807, 2.05) is 13.8 Å². The number of nitro benzene ring substituents is 1. The highest BCUT2D eigenvalue weighted by atomic mass is 16.6. The van der Waals surface area contributed by atoms with Crippen LogP contribution in [0.25, 0.3) is 0 Å². The second-order valence-corrected chi connectivity index (χ2v) is 4.47. The molecule has 1 rings (SSSR count).